The average molecular weight is 315 g/mol. The summed E-state index contributed by atoms with van der Waals surface area (Å²) in [5.41, 5.74) is 2.43. The first-order valence-electron chi connectivity index (χ1n) is 7.55. The molecule has 0 unspecified atom stereocenters. The van der Waals surface area contributed by atoms with Gasteiger partial charge in [-0.15, -0.1) is 0 Å². The lowest BCUT2D eigenvalue weighted by Crippen LogP contribution is -2.29. The van der Waals surface area contributed by atoms with Crippen LogP contribution in [0.1, 0.15) is 12.8 Å². The van der Waals surface area contributed by atoms with Crippen LogP contribution in [-0.4, -0.2) is 44.8 Å². The number of hydrogen-bond donors (Lipinski definition) is 3. The van der Waals surface area contributed by atoms with E-state index >= 15 is 0 Å². The molecule has 23 heavy (non-hydrogen) atoms. The number of rotatable bonds is 9. The number of nitrogens with one attached hydrogen (secondary N) is 3. The first kappa shape index (κ1) is 17.0. The highest BCUT2D eigenvalue weighted by Crippen LogP contribution is 2.37. The molecule has 0 atom stereocenters. The molecule has 1 aromatic carbocycles. The van der Waals surface area contributed by atoms with Crippen molar-refractivity contribution in [3.63, 3.8) is 0 Å². The van der Waals surface area contributed by atoms with E-state index in [0.29, 0.717) is 41.8 Å². The molecule has 0 amide bonds. The van der Waals surface area contributed by atoms with Gasteiger partial charge in [-0.2, -0.15) is 0 Å². The van der Waals surface area contributed by atoms with Gasteiger partial charge in [0.2, 0.25) is 0 Å². The SMILES string of the molecule is C=Nc1ccc(F)cc1N(C/C(C=N)=C/C(=N)CNC)C1CC1. The van der Waals surface area contributed by atoms with Gasteiger partial charge in [0.15, 0.2) is 0 Å². The van der Waals surface area contributed by atoms with E-state index in [2.05, 4.69) is 21.9 Å². The molecule has 0 aliphatic heterocycles. The quantitative estimate of drug-likeness (QED) is 0.613. The van der Waals surface area contributed by atoms with Crippen molar-refractivity contribution < 1.29 is 4.39 Å². The fourth-order valence-electron chi connectivity index (χ4n) is 2.45. The topological polar surface area (TPSA) is 75.3 Å². The highest BCUT2D eigenvalue weighted by Gasteiger charge is 2.31. The van der Waals surface area contributed by atoms with E-state index < -0.39 is 0 Å². The van der Waals surface area contributed by atoms with Crippen LogP contribution in [0, 0.1) is 16.6 Å². The lowest BCUT2D eigenvalue weighted by atomic mass is 10.1. The van der Waals surface area contributed by atoms with Gasteiger partial charge in [0, 0.05) is 31.1 Å². The first-order valence-corrected chi connectivity index (χ1v) is 7.55. The number of benzene rings is 1. The highest BCUT2D eigenvalue weighted by atomic mass is 19.1. The lowest BCUT2D eigenvalue weighted by Gasteiger charge is -2.26. The fourth-order valence-corrected chi connectivity index (χ4v) is 2.45. The van der Waals surface area contributed by atoms with Crippen molar-refractivity contribution in [2.75, 3.05) is 25.0 Å². The number of aliphatic imine (C=N–C) groups is 1. The Morgan fingerprint density at radius 3 is 2.83 bits per heavy atom. The third-order valence-electron chi connectivity index (χ3n) is 3.67. The van der Waals surface area contributed by atoms with Crippen molar-refractivity contribution in [3.05, 3.63) is 35.7 Å². The van der Waals surface area contributed by atoms with Gasteiger partial charge >= 0.3 is 0 Å². The van der Waals surface area contributed by atoms with Crippen LogP contribution in [0.15, 0.2) is 34.8 Å². The van der Waals surface area contributed by atoms with Gasteiger partial charge in [-0.05, 0) is 56.5 Å². The Hall–Kier alpha value is -2.34. The molecule has 0 saturated heterocycles. The molecule has 0 radical (unpaired) electrons. The van der Waals surface area contributed by atoms with Crippen molar-refractivity contribution in [1.82, 2.24) is 5.32 Å². The summed E-state index contributed by atoms with van der Waals surface area (Å²) >= 11 is 0. The molecule has 6 heteroatoms. The Morgan fingerprint density at radius 2 is 2.26 bits per heavy atom. The third-order valence-corrected chi connectivity index (χ3v) is 3.67. The second-order valence-electron chi connectivity index (χ2n) is 5.57. The molecule has 1 aliphatic carbocycles. The minimum atomic E-state index is -0.318. The van der Waals surface area contributed by atoms with Crippen LogP contribution in [0.3, 0.4) is 0 Å². The highest BCUT2D eigenvalue weighted by molar-refractivity contribution is 5.99. The summed E-state index contributed by atoms with van der Waals surface area (Å²) in [6.07, 6.45) is 5.00. The average Bonchev–Trinajstić information content (AvgIpc) is 3.36. The Kier molecular flexibility index (Phi) is 5.76. The van der Waals surface area contributed by atoms with E-state index in [1.165, 1.54) is 18.3 Å². The monoisotopic (exact) mass is 315 g/mol. The normalized spacial score (nSPS) is 14.4. The molecule has 1 saturated carbocycles. The van der Waals surface area contributed by atoms with E-state index in [-0.39, 0.29) is 5.82 Å². The van der Waals surface area contributed by atoms with Crippen LogP contribution in [0.5, 0.6) is 0 Å². The molecule has 0 heterocycles. The van der Waals surface area contributed by atoms with Gasteiger partial charge in [0.25, 0.3) is 0 Å². The minimum absolute atomic E-state index is 0.318. The standard InChI is InChI=1S/C17H22FN5/c1-21-10-14(20)7-12(9-19)11-23(15-4-5-15)17-8-13(18)3-6-16(17)22-2/h3,6-9,15,19-21H,2,4-5,10-11H2,1H3/b12-7+,19-9?,20-14?. The lowest BCUT2D eigenvalue weighted by molar-refractivity contribution is 0.627. The Balaban J connectivity index is 2.29. The van der Waals surface area contributed by atoms with Gasteiger partial charge < -0.3 is 21.0 Å². The maximum absolute atomic E-state index is 13.7. The zero-order valence-electron chi connectivity index (χ0n) is 13.3. The smallest absolute Gasteiger partial charge is 0.125 e. The summed E-state index contributed by atoms with van der Waals surface area (Å²) < 4.78 is 13.7. The molecular formula is C17H22FN5. The predicted octanol–water partition coefficient (Wildman–Crippen LogP) is 2.94. The van der Waals surface area contributed by atoms with Gasteiger partial charge in [-0.1, -0.05) is 0 Å². The summed E-state index contributed by atoms with van der Waals surface area (Å²) in [6, 6.07) is 4.76. The molecular weight excluding hydrogens is 293 g/mol. The van der Waals surface area contributed by atoms with Crippen LogP contribution in [0.2, 0.25) is 0 Å². The van der Waals surface area contributed by atoms with Crippen molar-refractivity contribution in [2.24, 2.45) is 4.99 Å². The predicted molar refractivity (Wildman–Crippen MR) is 94.5 cm³/mol. The van der Waals surface area contributed by atoms with Crippen LogP contribution in [0.25, 0.3) is 0 Å². The molecule has 0 spiro atoms. The Bertz CT molecular complexity index is 634. The van der Waals surface area contributed by atoms with Crippen LogP contribution < -0.4 is 10.2 Å². The summed E-state index contributed by atoms with van der Waals surface area (Å²) in [5.74, 6) is -0.318. The fraction of sp³-hybridized carbons (Fsp3) is 0.353. The number of anilines is 1. The van der Waals surface area contributed by atoms with E-state index in [4.69, 9.17) is 10.8 Å². The molecule has 3 N–H and O–H groups in total. The Labute approximate surface area is 135 Å². The number of halogens is 1. The van der Waals surface area contributed by atoms with Crippen LogP contribution in [0.4, 0.5) is 15.8 Å². The minimum Gasteiger partial charge on any atom is -0.362 e. The second kappa shape index (κ2) is 7.78. The Morgan fingerprint density at radius 1 is 1.52 bits per heavy atom. The molecule has 0 bridgehead atoms. The van der Waals surface area contributed by atoms with Crippen LogP contribution in [-0.2, 0) is 0 Å². The largest absolute Gasteiger partial charge is 0.362 e. The summed E-state index contributed by atoms with van der Waals surface area (Å²) in [6.45, 7) is 4.45. The summed E-state index contributed by atoms with van der Waals surface area (Å²) in [5, 5.41) is 18.4. The van der Waals surface area contributed by atoms with Crippen molar-refractivity contribution in [3.8, 4) is 0 Å². The second-order valence-corrected chi connectivity index (χ2v) is 5.57. The number of nitrogens with zero attached hydrogens (tertiary/aromatic N) is 2. The van der Waals surface area contributed by atoms with Gasteiger partial charge in [0.05, 0.1) is 11.4 Å². The first-order chi connectivity index (χ1) is 11.1. The van der Waals surface area contributed by atoms with Crippen LogP contribution >= 0.6 is 0 Å². The molecule has 122 valence electrons. The number of hydrogen-bond acceptors (Lipinski definition) is 5. The third kappa shape index (κ3) is 4.56. The van der Waals surface area contributed by atoms with E-state index in [1.54, 1.807) is 19.2 Å². The molecule has 1 aliphatic rings. The molecule has 5 nitrogen and oxygen atoms in total. The molecule has 1 fully saturated rings. The molecule has 0 aromatic heterocycles. The van der Waals surface area contributed by atoms with Gasteiger partial charge in [-0.25, -0.2) is 4.39 Å². The van der Waals surface area contributed by atoms with E-state index in [0.717, 1.165) is 12.8 Å². The van der Waals surface area contributed by atoms with E-state index in [1.807, 2.05) is 0 Å². The zero-order valence-corrected chi connectivity index (χ0v) is 13.3. The summed E-state index contributed by atoms with van der Waals surface area (Å²) in [4.78, 5) is 6.03. The maximum Gasteiger partial charge on any atom is 0.125 e. The van der Waals surface area contributed by atoms with Crippen molar-refractivity contribution >= 4 is 30.0 Å². The van der Waals surface area contributed by atoms with Gasteiger partial charge in [0.1, 0.15) is 5.82 Å². The zero-order chi connectivity index (χ0) is 16.8. The van der Waals surface area contributed by atoms with Gasteiger partial charge in [-0.3, -0.25) is 4.99 Å². The van der Waals surface area contributed by atoms with Crippen molar-refractivity contribution in [1.29, 1.82) is 10.8 Å². The summed E-state index contributed by atoms with van der Waals surface area (Å²) in [7, 11) is 1.78. The van der Waals surface area contributed by atoms with Crippen molar-refractivity contribution in [2.45, 2.75) is 18.9 Å². The van der Waals surface area contributed by atoms with E-state index in [9.17, 15) is 4.39 Å². The maximum atomic E-state index is 13.7. The molecule has 1 aromatic rings. The molecule has 2 rings (SSSR count).